The van der Waals surface area contributed by atoms with Crippen molar-refractivity contribution in [1.29, 1.82) is 0 Å². The second-order valence-electron chi connectivity index (χ2n) is 4.56. The normalized spacial score (nSPS) is 11.9. The predicted octanol–water partition coefficient (Wildman–Crippen LogP) is 3.09. The molecule has 1 atom stereocenters. The van der Waals surface area contributed by atoms with E-state index < -0.39 is 5.92 Å². The van der Waals surface area contributed by atoms with Crippen LogP contribution in [0.4, 0.5) is 0 Å². The van der Waals surface area contributed by atoms with E-state index >= 15 is 0 Å². The number of hydrogen-bond acceptors (Lipinski definition) is 4. The Morgan fingerprint density at radius 2 is 1.75 bits per heavy atom. The summed E-state index contributed by atoms with van der Waals surface area (Å²) in [5.74, 6) is -0.156. The molecule has 0 heterocycles. The maximum atomic E-state index is 12.4. The van der Waals surface area contributed by atoms with Gasteiger partial charge in [-0.15, -0.1) is 0 Å². The van der Waals surface area contributed by atoms with E-state index in [4.69, 9.17) is 4.74 Å². The van der Waals surface area contributed by atoms with Gasteiger partial charge in [-0.1, -0.05) is 19.1 Å². The number of rotatable bonds is 4. The molecule has 20 heavy (non-hydrogen) atoms. The summed E-state index contributed by atoms with van der Waals surface area (Å²) in [6, 6.07) is 11.2. The first-order valence-electron chi connectivity index (χ1n) is 6.23. The van der Waals surface area contributed by atoms with Crippen LogP contribution in [0.15, 0.2) is 42.5 Å². The van der Waals surface area contributed by atoms with Gasteiger partial charge < -0.3 is 14.9 Å². The number of methoxy groups -OCH3 is 1. The number of benzene rings is 2. The van der Waals surface area contributed by atoms with Crippen molar-refractivity contribution >= 4 is 5.78 Å². The highest BCUT2D eigenvalue weighted by atomic mass is 16.5. The monoisotopic (exact) mass is 272 g/mol. The molecule has 2 rings (SSSR count). The molecule has 0 unspecified atom stereocenters. The van der Waals surface area contributed by atoms with Crippen LogP contribution >= 0.6 is 0 Å². The number of phenolic OH excluding ortho intramolecular Hbond substituents is 2. The molecule has 0 saturated heterocycles. The Labute approximate surface area is 117 Å². The first kappa shape index (κ1) is 13.9. The summed E-state index contributed by atoms with van der Waals surface area (Å²) in [4.78, 5) is 12.4. The lowest BCUT2D eigenvalue weighted by Gasteiger charge is -2.12. The fourth-order valence-corrected chi connectivity index (χ4v) is 2.01. The van der Waals surface area contributed by atoms with Crippen LogP contribution in [-0.4, -0.2) is 23.1 Å². The van der Waals surface area contributed by atoms with E-state index in [1.807, 2.05) is 12.1 Å². The minimum Gasteiger partial charge on any atom is -0.508 e. The Bertz CT molecular complexity index is 617. The quantitative estimate of drug-likeness (QED) is 0.839. The van der Waals surface area contributed by atoms with Crippen LogP contribution in [0.1, 0.15) is 28.8 Å². The average molecular weight is 272 g/mol. The summed E-state index contributed by atoms with van der Waals surface area (Å²) in [6.07, 6.45) is 0. The zero-order valence-corrected chi connectivity index (χ0v) is 11.3. The SMILES string of the molecule is COc1ccc([C@@H](C)C(=O)c2ccc(O)cc2O)cc1. The van der Waals surface area contributed by atoms with Crippen LogP contribution in [0.5, 0.6) is 17.2 Å². The van der Waals surface area contributed by atoms with E-state index in [0.717, 1.165) is 17.4 Å². The topological polar surface area (TPSA) is 66.8 Å². The van der Waals surface area contributed by atoms with E-state index in [9.17, 15) is 15.0 Å². The molecule has 4 nitrogen and oxygen atoms in total. The van der Waals surface area contributed by atoms with Gasteiger partial charge in [0, 0.05) is 12.0 Å². The van der Waals surface area contributed by atoms with E-state index in [0.29, 0.717) is 0 Å². The lowest BCUT2D eigenvalue weighted by molar-refractivity contribution is 0.0963. The highest BCUT2D eigenvalue weighted by Crippen LogP contribution is 2.29. The maximum Gasteiger partial charge on any atom is 0.173 e. The van der Waals surface area contributed by atoms with Crippen molar-refractivity contribution in [1.82, 2.24) is 0 Å². The lowest BCUT2D eigenvalue weighted by Crippen LogP contribution is -2.09. The van der Waals surface area contributed by atoms with Gasteiger partial charge in [-0.3, -0.25) is 4.79 Å². The van der Waals surface area contributed by atoms with E-state index in [1.54, 1.807) is 26.2 Å². The summed E-state index contributed by atoms with van der Waals surface area (Å²) in [6.45, 7) is 1.77. The Kier molecular flexibility index (Phi) is 3.94. The zero-order chi connectivity index (χ0) is 14.7. The van der Waals surface area contributed by atoms with Crippen molar-refractivity contribution in [3.8, 4) is 17.2 Å². The first-order valence-corrected chi connectivity index (χ1v) is 6.23. The van der Waals surface area contributed by atoms with Crippen LogP contribution < -0.4 is 4.74 Å². The van der Waals surface area contributed by atoms with Crippen molar-refractivity contribution in [3.63, 3.8) is 0 Å². The molecule has 0 fully saturated rings. The molecule has 0 aliphatic rings. The van der Waals surface area contributed by atoms with Crippen molar-refractivity contribution in [2.75, 3.05) is 7.11 Å². The smallest absolute Gasteiger partial charge is 0.173 e. The van der Waals surface area contributed by atoms with Gasteiger partial charge in [0.15, 0.2) is 5.78 Å². The predicted molar refractivity (Wildman–Crippen MR) is 75.5 cm³/mol. The second kappa shape index (κ2) is 5.65. The molecule has 0 saturated carbocycles. The number of ether oxygens (including phenoxy) is 1. The summed E-state index contributed by atoms with van der Waals surface area (Å²) in [7, 11) is 1.58. The number of ketones is 1. The molecule has 0 aliphatic heterocycles. The Morgan fingerprint density at radius 1 is 1.10 bits per heavy atom. The van der Waals surface area contributed by atoms with Gasteiger partial charge in [0.25, 0.3) is 0 Å². The third-order valence-electron chi connectivity index (χ3n) is 3.26. The van der Waals surface area contributed by atoms with Crippen molar-refractivity contribution in [3.05, 3.63) is 53.6 Å². The lowest BCUT2D eigenvalue weighted by atomic mass is 9.92. The summed E-state index contributed by atoms with van der Waals surface area (Å²) < 4.78 is 5.07. The summed E-state index contributed by atoms with van der Waals surface area (Å²) >= 11 is 0. The number of Topliss-reactive ketones (excluding diaryl/α,β-unsaturated/α-hetero) is 1. The van der Waals surface area contributed by atoms with Crippen LogP contribution in [0.2, 0.25) is 0 Å². The van der Waals surface area contributed by atoms with Crippen molar-refractivity contribution < 1.29 is 19.7 Å². The number of carbonyl (C=O) groups is 1. The standard InChI is InChI=1S/C16H16O4/c1-10(11-3-6-13(20-2)7-4-11)16(19)14-8-5-12(17)9-15(14)18/h3-10,17-18H,1-2H3/t10-/m1/s1. The Hall–Kier alpha value is -2.49. The molecule has 2 aromatic carbocycles. The number of hydrogen-bond donors (Lipinski definition) is 2. The molecule has 0 aliphatic carbocycles. The molecule has 4 heteroatoms. The summed E-state index contributed by atoms with van der Waals surface area (Å²) in [5, 5.41) is 19.0. The minimum absolute atomic E-state index is 0.0730. The van der Waals surface area contributed by atoms with Gasteiger partial charge in [-0.2, -0.15) is 0 Å². The molecule has 0 bridgehead atoms. The van der Waals surface area contributed by atoms with Crippen LogP contribution in [0, 0.1) is 0 Å². The number of aromatic hydroxyl groups is 2. The van der Waals surface area contributed by atoms with E-state index in [-0.39, 0.29) is 22.8 Å². The van der Waals surface area contributed by atoms with Crippen LogP contribution in [0.25, 0.3) is 0 Å². The molecule has 0 spiro atoms. The van der Waals surface area contributed by atoms with Crippen LogP contribution in [0.3, 0.4) is 0 Å². The third kappa shape index (κ3) is 2.74. The highest BCUT2D eigenvalue weighted by molar-refractivity contribution is 6.03. The van der Waals surface area contributed by atoms with Gasteiger partial charge in [-0.25, -0.2) is 0 Å². The van der Waals surface area contributed by atoms with Gasteiger partial charge in [0.05, 0.1) is 12.7 Å². The second-order valence-corrected chi connectivity index (χ2v) is 4.56. The van der Waals surface area contributed by atoms with Crippen molar-refractivity contribution in [2.45, 2.75) is 12.8 Å². The molecular formula is C16H16O4. The van der Waals surface area contributed by atoms with E-state index in [2.05, 4.69) is 0 Å². The first-order chi connectivity index (χ1) is 9.52. The maximum absolute atomic E-state index is 12.4. The fraction of sp³-hybridized carbons (Fsp3) is 0.188. The third-order valence-corrected chi connectivity index (χ3v) is 3.26. The van der Waals surface area contributed by atoms with Gasteiger partial charge in [0.1, 0.15) is 17.2 Å². The summed E-state index contributed by atoms with van der Waals surface area (Å²) in [5.41, 5.74) is 1.04. The average Bonchev–Trinajstić information content (AvgIpc) is 2.46. The molecule has 2 aromatic rings. The fourth-order valence-electron chi connectivity index (χ4n) is 2.01. The highest BCUT2D eigenvalue weighted by Gasteiger charge is 2.20. The zero-order valence-electron chi connectivity index (χ0n) is 11.3. The number of phenols is 2. The van der Waals surface area contributed by atoms with E-state index in [1.165, 1.54) is 12.1 Å². The Morgan fingerprint density at radius 3 is 2.30 bits per heavy atom. The molecular weight excluding hydrogens is 256 g/mol. The van der Waals surface area contributed by atoms with Gasteiger partial charge in [-0.05, 0) is 29.8 Å². The van der Waals surface area contributed by atoms with Crippen molar-refractivity contribution in [2.24, 2.45) is 0 Å². The molecule has 0 aromatic heterocycles. The van der Waals surface area contributed by atoms with Gasteiger partial charge in [0.2, 0.25) is 0 Å². The van der Waals surface area contributed by atoms with Gasteiger partial charge >= 0.3 is 0 Å². The largest absolute Gasteiger partial charge is 0.508 e. The number of carbonyl (C=O) groups excluding carboxylic acids is 1. The Balaban J connectivity index is 2.27. The minimum atomic E-state index is -0.392. The molecule has 2 N–H and O–H groups in total. The molecule has 0 amide bonds. The molecule has 0 radical (unpaired) electrons. The van der Waals surface area contributed by atoms with Crippen LogP contribution in [-0.2, 0) is 0 Å². The molecule has 104 valence electrons.